The highest BCUT2D eigenvalue weighted by Gasteiger charge is 2.10. The summed E-state index contributed by atoms with van der Waals surface area (Å²) in [5, 5.41) is 14.8. The van der Waals surface area contributed by atoms with Gasteiger partial charge in [-0.3, -0.25) is 0 Å². The molecule has 4 nitrogen and oxygen atoms in total. The van der Waals surface area contributed by atoms with Crippen LogP contribution in [0.2, 0.25) is 0 Å². The van der Waals surface area contributed by atoms with Crippen molar-refractivity contribution in [2.45, 2.75) is 0 Å². The van der Waals surface area contributed by atoms with Crippen molar-refractivity contribution in [3.8, 4) is 11.3 Å². The molecule has 2 N–H and O–H groups in total. The first-order valence-electron chi connectivity index (χ1n) is 8.26. The van der Waals surface area contributed by atoms with E-state index < -0.39 is 5.97 Å². The topological polar surface area (TPSA) is 62.2 Å². The number of anilines is 2. The molecule has 0 bridgehead atoms. The second-order valence-corrected chi connectivity index (χ2v) is 5.95. The molecular weight excluding hydrogens is 324 g/mol. The van der Waals surface area contributed by atoms with Gasteiger partial charge in [-0.15, -0.1) is 0 Å². The highest BCUT2D eigenvalue weighted by Crippen LogP contribution is 2.25. The van der Waals surface area contributed by atoms with E-state index in [0.29, 0.717) is 11.5 Å². The molecule has 0 atom stereocenters. The molecule has 4 heteroatoms. The van der Waals surface area contributed by atoms with Gasteiger partial charge in [0.1, 0.15) is 5.82 Å². The van der Waals surface area contributed by atoms with Crippen molar-refractivity contribution >= 4 is 28.2 Å². The number of hydrogen-bond donors (Lipinski definition) is 2. The van der Waals surface area contributed by atoms with Crippen LogP contribution in [-0.2, 0) is 0 Å². The molecule has 0 unspecified atom stereocenters. The molecule has 0 saturated heterocycles. The Morgan fingerprint density at radius 2 is 1.58 bits per heavy atom. The number of benzene rings is 3. The van der Waals surface area contributed by atoms with Crippen LogP contribution in [-0.4, -0.2) is 16.1 Å². The zero-order chi connectivity index (χ0) is 17.9. The Morgan fingerprint density at radius 1 is 0.808 bits per heavy atom. The van der Waals surface area contributed by atoms with Crippen molar-refractivity contribution in [3.63, 3.8) is 0 Å². The third-order valence-corrected chi connectivity index (χ3v) is 4.21. The number of nitrogens with zero attached hydrogens (tertiary/aromatic N) is 1. The number of fused-ring (bicyclic) bond motifs is 1. The van der Waals surface area contributed by atoms with Crippen LogP contribution in [0.3, 0.4) is 0 Å². The molecule has 1 heterocycles. The Kier molecular flexibility index (Phi) is 4.07. The summed E-state index contributed by atoms with van der Waals surface area (Å²) >= 11 is 0. The van der Waals surface area contributed by atoms with Crippen LogP contribution >= 0.6 is 0 Å². The van der Waals surface area contributed by atoms with Crippen LogP contribution in [0.15, 0.2) is 84.9 Å². The van der Waals surface area contributed by atoms with Gasteiger partial charge in [0.15, 0.2) is 0 Å². The van der Waals surface area contributed by atoms with Crippen LogP contribution in [0.5, 0.6) is 0 Å². The van der Waals surface area contributed by atoms with Crippen molar-refractivity contribution in [3.05, 3.63) is 90.5 Å². The van der Waals surface area contributed by atoms with Gasteiger partial charge in [0.05, 0.1) is 16.9 Å². The van der Waals surface area contributed by atoms with Gasteiger partial charge in [-0.2, -0.15) is 0 Å². The Balaban J connectivity index is 1.69. The van der Waals surface area contributed by atoms with Crippen molar-refractivity contribution < 1.29 is 9.90 Å². The largest absolute Gasteiger partial charge is 0.478 e. The Morgan fingerprint density at radius 3 is 2.42 bits per heavy atom. The van der Waals surface area contributed by atoms with Gasteiger partial charge in [0.2, 0.25) is 0 Å². The van der Waals surface area contributed by atoms with Crippen molar-refractivity contribution in [1.82, 2.24) is 4.98 Å². The number of nitrogens with one attached hydrogen (secondary N) is 1. The van der Waals surface area contributed by atoms with Crippen molar-refractivity contribution in [2.24, 2.45) is 0 Å². The molecule has 4 aromatic rings. The predicted molar refractivity (Wildman–Crippen MR) is 104 cm³/mol. The first-order valence-corrected chi connectivity index (χ1v) is 8.26. The van der Waals surface area contributed by atoms with Gasteiger partial charge in [-0.25, -0.2) is 9.78 Å². The maximum Gasteiger partial charge on any atom is 0.337 e. The van der Waals surface area contributed by atoms with Crippen LogP contribution in [0.4, 0.5) is 11.5 Å². The Bertz CT molecular complexity index is 1110. The van der Waals surface area contributed by atoms with Crippen LogP contribution in [0, 0.1) is 0 Å². The number of aromatic nitrogens is 1. The lowest BCUT2D eigenvalue weighted by atomic mass is 10.0. The second-order valence-electron chi connectivity index (χ2n) is 5.95. The molecule has 0 amide bonds. The number of aromatic carboxylic acids is 1. The standard InChI is InChI=1S/C22H16N2O2/c25-22(26)18-8-3-4-9-20(18)24-21-11-5-10-19(23-21)17-13-12-15-6-1-2-7-16(15)14-17/h1-14H,(H,23,24)(H,25,26). The van der Waals surface area contributed by atoms with E-state index in [1.165, 1.54) is 5.39 Å². The average molecular weight is 340 g/mol. The van der Waals surface area contributed by atoms with Crippen molar-refractivity contribution in [1.29, 1.82) is 0 Å². The van der Waals surface area contributed by atoms with Gasteiger partial charge >= 0.3 is 5.97 Å². The summed E-state index contributed by atoms with van der Waals surface area (Å²) in [6.07, 6.45) is 0. The number of carbonyl (C=O) groups is 1. The minimum absolute atomic E-state index is 0.213. The van der Waals surface area contributed by atoms with Crippen LogP contribution < -0.4 is 5.32 Å². The van der Waals surface area contributed by atoms with Crippen molar-refractivity contribution in [2.75, 3.05) is 5.32 Å². The normalized spacial score (nSPS) is 10.6. The third kappa shape index (κ3) is 3.13. The minimum Gasteiger partial charge on any atom is -0.478 e. The summed E-state index contributed by atoms with van der Waals surface area (Å²) in [6, 6.07) is 26.9. The molecular formula is C22H16N2O2. The first-order chi connectivity index (χ1) is 12.7. The van der Waals surface area contributed by atoms with Gasteiger partial charge in [-0.1, -0.05) is 54.6 Å². The number of carboxylic acid groups (broad SMARTS) is 1. The molecule has 126 valence electrons. The van der Waals surface area contributed by atoms with E-state index in [9.17, 15) is 9.90 Å². The maximum atomic E-state index is 11.4. The number of para-hydroxylation sites is 1. The lowest BCUT2D eigenvalue weighted by Crippen LogP contribution is -2.03. The number of pyridine rings is 1. The molecule has 3 aromatic carbocycles. The zero-order valence-corrected chi connectivity index (χ0v) is 13.9. The SMILES string of the molecule is O=C(O)c1ccccc1Nc1cccc(-c2ccc3ccccc3c2)n1. The minimum atomic E-state index is -0.973. The Hall–Kier alpha value is -3.66. The summed E-state index contributed by atoms with van der Waals surface area (Å²) in [4.78, 5) is 16.0. The molecule has 0 aliphatic rings. The molecule has 0 spiro atoms. The van der Waals surface area contributed by atoms with Gasteiger partial charge < -0.3 is 10.4 Å². The predicted octanol–water partition coefficient (Wildman–Crippen LogP) is 5.34. The zero-order valence-electron chi connectivity index (χ0n) is 13.9. The molecule has 0 fully saturated rings. The van der Waals surface area contributed by atoms with E-state index >= 15 is 0 Å². The molecule has 0 aliphatic carbocycles. The van der Waals surface area contributed by atoms with Gasteiger partial charge in [0, 0.05) is 5.56 Å². The molecule has 0 radical (unpaired) electrons. The van der Waals surface area contributed by atoms with E-state index in [-0.39, 0.29) is 5.56 Å². The lowest BCUT2D eigenvalue weighted by molar-refractivity contribution is 0.0698. The fourth-order valence-corrected chi connectivity index (χ4v) is 2.93. The summed E-state index contributed by atoms with van der Waals surface area (Å²) < 4.78 is 0. The molecule has 0 aliphatic heterocycles. The van der Waals surface area contributed by atoms with E-state index in [1.54, 1.807) is 24.3 Å². The molecule has 26 heavy (non-hydrogen) atoms. The number of hydrogen-bond acceptors (Lipinski definition) is 3. The Labute approximate surface area is 150 Å². The molecule has 1 aromatic heterocycles. The number of carboxylic acids is 1. The molecule has 4 rings (SSSR count). The number of rotatable bonds is 4. The lowest BCUT2D eigenvalue weighted by Gasteiger charge is -2.10. The monoisotopic (exact) mass is 340 g/mol. The third-order valence-electron chi connectivity index (χ3n) is 4.21. The van der Waals surface area contributed by atoms with E-state index in [0.717, 1.165) is 16.6 Å². The van der Waals surface area contributed by atoms with Gasteiger partial charge in [0.25, 0.3) is 0 Å². The summed E-state index contributed by atoms with van der Waals surface area (Å²) in [7, 11) is 0. The highest BCUT2D eigenvalue weighted by atomic mass is 16.4. The molecule has 0 saturated carbocycles. The van der Waals surface area contributed by atoms with E-state index in [1.807, 2.05) is 36.4 Å². The summed E-state index contributed by atoms with van der Waals surface area (Å²) in [5.41, 5.74) is 2.57. The van der Waals surface area contributed by atoms with Gasteiger partial charge in [-0.05, 0) is 41.1 Å². The van der Waals surface area contributed by atoms with E-state index in [4.69, 9.17) is 0 Å². The van der Waals surface area contributed by atoms with Crippen LogP contribution in [0.1, 0.15) is 10.4 Å². The maximum absolute atomic E-state index is 11.4. The van der Waals surface area contributed by atoms with E-state index in [2.05, 4.69) is 34.6 Å². The second kappa shape index (κ2) is 6.69. The summed E-state index contributed by atoms with van der Waals surface area (Å²) in [5.74, 6) is -0.372. The fourth-order valence-electron chi connectivity index (χ4n) is 2.93. The average Bonchev–Trinajstić information content (AvgIpc) is 2.68. The smallest absolute Gasteiger partial charge is 0.337 e. The first kappa shape index (κ1) is 15.8. The van der Waals surface area contributed by atoms with Crippen LogP contribution in [0.25, 0.3) is 22.0 Å². The quantitative estimate of drug-likeness (QED) is 0.526. The highest BCUT2D eigenvalue weighted by molar-refractivity contribution is 5.95. The summed E-state index contributed by atoms with van der Waals surface area (Å²) in [6.45, 7) is 0. The fraction of sp³-hybridized carbons (Fsp3) is 0.